The van der Waals surface area contributed by atoms with Crippen molar-refractivity contribution in [3.8, 4) is 5.75 Å². The van der Waals surface area contributed by atoms with Gasteiger partial charge in [-0.05, 0) is 62.8 Å². The van der Waals surface area contributed by atoms with Gasteiger partial charge in [0.2, 0.25) is 5.91 Å². The number of rotatable bonds is 4. The zero-order valence-electron chi connectivity index (χ0n) is 14.0. The van der Waals surface area contributed by atoms with Gasteiger partial charge in [0.05, 0.1) is 7.11 Å². The lowest BCUT2D eigenvalue weighted by Crippen LogP contribution is -2.60. The number of hydrogen-bond acceptors (Lipinski definition) is 3. The summed E-state index contributed by atoms with van der Waals surface area (Å²) in [6.45, 7) is 2.85. The molecule has 3 aliphatic rings. The number of likely N-dealkylation sites (tertiary alicyclic amines) is 2. The Balaban J connectivity index is 1.56. The van der Waals surface area contributed by atoms with Crippen molar-refractivity contribution in [1.82, 2.24) is 9.80 Å². The van der Waals surface area contributed by atoms with Crippen LogP contribution < -0.4 is 4.74 Å². The highest BCUT2D eigenvalue weighted by molar-refractivity contribution is 5.88. The summed E-state index contributed by atoms with van der Waals surface area (Å²) in [6.07, 6.45) is 6.75. The fourth-order valence-corrected chi connectivity index (χ4v) is 4.43. The molecule has 0 N–H and O–H groups in total. The number of benzene rings is 1. The molecule has 1 aromatic rings. The van der Waals surface area contributed by atoms with E-state index in [9.17, 15) is 4.79 Å². The number of nitrogens with zero attached hydrogens (tertiary/aromatic N) is 2. The average molecular weight is 314 g/mol. The van der Waals surface area contributed by atoms with Crippen LogP contribution in [-0.4, -0.2) is 47.5 Å². The van der Waals surface area contributed by atoms with Gasteiger partial charge in [0, 0.05) is 19.1 Å². The molecule has 4 nitrogen and oxygen atoms in total. The van der Waals surface area contributed by atoms with E-state index in [1.165, 1.54) is 18.4 Å². The van der Waals surface area contributed by atoms with Crippen LogP contribution in [0.5, 0.6) is 5.75 Å². The summed E-state index contributed by atoms with van der Waals surface area (Å²) in [4.78, 5) is 17.8. The molecule has 4 rings (SSSR count). The van der Waals surface area contributed by atoms with E-state index in [0.29, 0.717) is 11.9 Å². The molecule has 1 spiro atoms. The van der Waals surface area contributed by atoms with Gasteiger partial charge in [0.25, 0.3) is 0 Å². The Morgan fingerprint density at radius 3 is 2.74 bits per heavy atom. The largest absolute Gasteiger partial charge is 0.497 e. The Kier molecular flexibility index (Phi) is 3.80. The maximum absolute atomic E-state index is 13.2. The number of ether oxygens (including phenoxy) is 1. The number of amides is 1. The predicted octanol–water partition coefficient (Wildman–Crippen LogP) is 2.81. The smallest absolute Gasteiger partial charge is 0.243 e. The van der Waals surface area contributed by atoms with Gasteiger partial charge in [0.1, 0.15) is 11.3 Å². The quantitative estimate of drug-likeness (QED) is 0.857. The minimum absolute atomic E-state index is 0.232. The minimum atomic E-state index is -0.232. The molecule has 1 aromatic carbocycles. The van der Waals surface area contributed by atoms with E-state index in [1.807, 2.05) is 12.1 Å². The molecule has 1 aliphatic carbocycles. The number of piperidine rings is 1. The first kappa shape index (κ1) is 15.0. The van der Waals surface area contributed by atoms with Crippen molar-refractivity contribution in [2.45, 2.75) is 56.7 Å². The lowest BCUT2D eigenvalue weighted by atomic mass is 9.85. The second kappa shape index (κ2) is 5.82. The van der Waals surface area contributed by atoms with Crippen LogP contribution >= 0.6 is 0 Å². The lowest BCUT2D eigenvalue weighted by Gasteiger charge is -2.45. The van der Waals surface area contributed by atoms with E-state index in [4.69, 9.17) is 4.74 Å². The molecule has 3 fully saturated rings. The van der Waals surface area contributed by atoms with Crippen molar-refractivity contribution in [1.29, 1.82) is 0 Å². The average Bonchev–Trinajstić information content (AvgIpc) is 3.34. The first-order valence-electron chi connectivity index (χ1n) is 8.92. The Labute approximate surface area is 138 Å². The minimum Gasteiger partial charge on any atom is -0.497 e. The summed E-state index contributed by atoms with van der Waals surface area (Å²) in [6, 6.07) is 8.79. The van der Waals surface area contributed by atoms with Crippen LogP contribution in [0.2, 0.25) is 0 Å². The van der Waals surface area contributed by atoms with E-state index >= 15 is 0 Å². The van der Waals surface area contributed by atoms with Crippen molar-refractivity contribution >= 4 is 5.91 Å². The Bertz CT molecular complexity index is 599. The lowest BCUT2D eigenvalue weighted by molar-refractivity contribution is -0.148. The zero-order chi connectivity index (χ0) is 15.9. The summed E-state index contributed by atoms with van der Waals surface area (Å²) >= 11 is 0. The molecule has 2 aliphatic heterocycles. The third-order valence-corrected chi connectivity index (χ3v) is 5.77. The van der Waals surface area contributed by atoms with Crippen molar-refractivity contribution in [2.24, 2.45) is 0 Å². The topological polar surface area (TPSA) is 32.8 Å². The molecule has 1 unspecified atom stereocenters. The first-order valence-corrected chi connectivity index (χ1v) is 8.92. The molecular formula is C19H26N2O2. The Morgan fingerprint density at radius 1 is 1.22 bits per heavy atom. The van der Waals surface area contributed by atoms with Crippen LogP contribution in [-0.2, 0) is 11.3 Å². The van der Waals surface area contributed by atoms with Crippen LogP contribution in [0.1, 0.15) is 44.1 Å². The van der Waals surface area contributed by atoms with E-state index in [1.54, 1.807) is 7.11 Å². The predicted molar refractivity (Wildman–Crippen MR) is 89.3 cm³/mol. The van der Waals surface area contributed by atoms with Crippen molar-refractivity contribution in [2.75, 3.05) is 20.2 Å². The van der Waals surface area contributed by atoms with Gasteiger partial charge in [-0.15, -0.1) is 0 Å². The van der Waals surface area contributed by atoms with Crippen LogP contribution in [0.15, 0.2) is 24.3 Å². The van der Waals surface area contributed by atoms with Gasteiger partial charge in [-0.2, -0.15) is 0 Å². The van der Waals surface area contributed by atoms with Gasteiger partial charge >= 0.3 is 0 Å². The molecule has 23 heavy (non-hydrogen) atoms. The Morgan fingerprint density at radius 2 is 2.00 bits per heavy atom. The highest BCUT2D eigenvalue weighted by Gasteiger charge is 2.52. The Hall–Kier alpha value is -1.55. The van der Waals surface area contributed by atoms with Gasteiger partial charge in [-0.1, -0.05) is 12.1 Å². The van der Waals surface area contributed by atoms with Crippen LogP contribution in [0.3, 0.4) is 0 Å². The molecule has 2 saturated heterocycles. The van der Waals surface area contributed by atoms with Crippen molar-refractivity contribution in [3.05, 3.63) is 29.8 Å². The third-order valence-electron chi connectivity index (χ3n) is 5.77. The summed E-state index contributed by atoms with van der Waals surface area (Å²) < 4.78 is 5.34. The summed E-state index contributed by atoms with van der Waals surface area (Å²) in [5.41, 5.74) is 1.01. The zero-order valence-corrected chi connectivity index (χ0v) is 14.0. The van der Waals surface area contributed by atoms with E-state index in [-0.39, 0.29) is 5.54 Å². The monoisotopic (exact) mass is 314 g/mol. The standard InChI is InChI=1S/C19H26N2O2/c1-23-17-6-2-5-15(13-17)14-20-11-3-9-19(20)10-4-12-21(18(19)22)16-7-8-16/h2,5-6,13,16H,3-4,7-12,14H2,1H3. The highest BCUT2D eigenvalue weighted by atomic mass is 16.5. The molecule has 0 radical (unpaired) electrons. The second-order valence-corrected chi connectivity index (χ2v) is 7.24. The fourth-order valence-electron chi connectivity index (χ4n) is 4.43. The van der Waals surface area contributed by atoms with E-state index in [0.717, 1.165) is 51.1 Å². The van der Waals surface area contributed by atoms with Gasteiger partial charge in [-0.3, -0.25) is 9.69 Å². The highest BCUT2D eigenvalue weighted by Crippen LogP contribution is 2.42. The number of hydrogen-bond donors (Lipinski definition) is 0. The second-order valence-electron chi connectivity index (χ2n) is 7.24. The molecule has 1 atom stereocenters. The summed E-state index contributed by atoms with van der Waals surface area (Å²) in [5.74, 6) is 1.30. The number of carbonyl (C=O) groups is 1. The SMILES string of the molecule is COc1cccc(CN2CCCC23CCCN(C2CC2)C3=O)c1. The maximum Gasteiger partial charge on any atom is 0.243 e. The number of methoxy groups -OCH3 is 1. The molecule has 0 bridgehead atoms. The molecule has 124 valence electrons. The molecule has 1 saturated carbocycles. The summed E-state index contributed by atoms with van der Waals surface area (Å²) in [7, 11) is 1.70. The molecule has 2 heterocycles. The fraction of sp³-hybridized carbons (Fsp3) is 0.632. The van der Waals surface area contributed by atoms with Crippen LogP contribution in [0.4, 0.5) is 0 Å². The molecular weight excluding hydrogens is 288 g/mol. The van der Waals surface area contributed by atoms with Crippen LogP contribution in [0, 0.1) is 0 Å². The van der Waals surface area contributed by atoms with Crippen molar-refractivity contribution in [3.63, 3.8) is 0 Å². The summed E-state index contributed by atoms with van der Waals surface area (Å²) in [5, 5.41) is 0. The third kappa shape index (κ3) is 2.63. The van der Waals surface area contributed by atoms with Gasteiger partial charge in [-0.25, -0.2) is 0 Å². The molecule has 0 aromatic heterocycles. The van der Waals surface area contributed by atoms with Crippen LogP contribution in [0.25, 0.3) is 0 Å². The maximum atomic E-state index is 13.2. The van der Waals surface area contributed by atoms with Gasteiger partial charge in [0.15, 0.2) is 0 Å². The van der Waals surface area contributed by atoms with Gasteiger partial charge < -0.3 is 9.64 Å². The molecule has 4 heteroatoms. The normalized spacial score (nSPS) is 28.6. The van der Waals surface area contributed by atoms with E-state index in [2.05, 4.69) is 21.9 Å². The molecule has 1 amide bonds. The first-order chi connectivity index (χ1) is 11.2. The van der Waals surface area contributed by atoms with Crippen molar-refractivity contribution < 1.29 is 9.53 Å². The van der Waals surface area contributed by atoms with E-state index < -0.39 is 0 Å². The number of carbonyl (C=O) groups excluding carboxylic acids is 1.